The number of nitrogens with one attached hydrogen (secondary N) is 2. The Labute approximate surface area is 192 Å². The van der Waals surface area contributed by atoms with Crippen LogP contribution in [0.3, 0.4) is 0 Å². The van der Waals surface area contributed by atoms with Gasteiger partial charge in [-0.25, -0.2) is 4.98 Å². The smallest absolute Gasteiger partial charge is 0.362 e. The highest BCUT2D eigenvalue weighted by Crippen LogP contribution is 2.30. The Bertz CT molecular complexity index is 1080. The summed E-state index contributed by atoms with van der Waals surface area (Å²) in [5.74, 6) is 1.55. The minimum absolute atomic E-state index is 0.308. The Kier molecular flexibility index (Phi) is 7.02. The second kappa shape index (κ2) is 9.95. The maximum Gasteiger partial charge on any atom is 0.416 e. The minimum atomic E-state index is -4.29. The molecule has 2 aromatic carbocycles. The second-order valence-electron chi connectivity index (χ2n) is 8.88. The minimum Gasteiger partial charge on any atom is -0.362 e. The number of hydrogen-bond acceptors (Lipinski definition) is 5. The molecule has 1 aliphatic rings. The van der Waals surface area contributed by atoms with Gasteiger partial charge in [0.25, 0.3) is 0 Å². The van der Waals surface area contributed by atoms with E-state index in [0.29, 0.717) is 36.6 Å². The van der Waals surface area contributed by atoms with Gasteiger partial charge in [-0.05, 0) is 62.4 Å². The SMILES string of the molecule is CN(C)c1nc(N[C@H]2CC[C@@H](NCCc3cccc(C(F)(F)F)c3)CC2)nc2ccccc12. The molecular formula is C25H30F3N5. The summed E-state index contributed by atoms with van der Waals surface area (Å²) in [5, 5.41) is 8.05. The molecule has 0 unspecified atom stereocenters. The monoisotopic (exact) mass is 457 g/mol. The summed E-state index contributed by atoms with van der Waals surface area (Å²) in [4.78, 5) is 11.4. The molecule has 2 N–H and O–H groups in total. The molecule has 0 aliphatic heterocycles. The topological polar surface area (TPSA) is 53.1 Å². The number of rotatable bonds is 7. The highest BCUT2D eigenvalue weighted by atomic mass is 19.4. The van der Waals surface area contributed by atoms with E-state index in [1.54, 1.807) is 6.07 Å². The number of alkyl halides is 3. The molecule has 0 spiro atoms. The van der Waals surface area contributed by atoms with Crippen molar-refractivity contribution in [2.75, 3.05) is 30.9 Å². The third kappa shape index (κ3) is 5.93. The first-order chi connectivity index (χ1) is 15.8. The highest BCUT2D eigenvalue weighted by molar-refractivity contribution is 5.90. The van der Waals surface area contributed by atoms with Gasteiger partial charge >= 0.3 is 6.18 Å². The molecular weight excluding hydrogens is 427 g/mol. The molecule has 33 heavy (non-hydrogen) atoms. The van der Waals surface area contributed by atoms with Crippen molar-refractivity contribution in [3.63, 3.8) is 0 Å². The predicted octanol–water partition coefficient (Wildman–Crippen LogP) is 5.27. The Balaban J connectivity index is 1.28. The van der Waals surface area contributed by atoms with Crippen LogP contribution in [0.2, 0.25) is 0 Å². The molecule has 0 amide bonds. The Morgan fingerprint density at radius 3 is 2.39 bits per heavy atom. The number of anilines is 2. The van der Waals surface area contributed by atoms with E-state index in [2.05, 4.69) is 10.6 Å². The number of nitrogens with zero attached hydrogens (tertiary/aromatic N) is 3. The largest absolute Gasteiger partial charge is 0.416 e. The van der Waals surface area contributed by atoms with Gasteiger partial charge in [-0.1, -0.05) is 30.3 Å². The molecule has 3 aromatic rings. The molecule has 0 bridgehead atoms. The van der Waals surface area contributed by atoms with Crippen LogP contribution in [0.15, 0.2) is 48.5 Å². The molecule has 8 heteroatoms. The zero-order valence-electron chi connectivity index (χ0n) is 19.0. The van der Waals surface area contributed by atoms with Crippen LogP contribution in [0.4, 0.5) is 24.9 Å². The maximum absolute atomic E-state index is 12.9. The van der Waals surface area contributed by atoms with Crippen LogP contribution in [0.25, 0.3) is 10.9 Å². The molecule has 5 nitrogen and oxygen atoms in total. The van der Waals surface area contributed by atoms with Crippen molar-refractivity contribution < 1.29 is 13.2 Å². The van der Waals surface area contributed by atoms with Gasteiger partial charge in [0.15, 0.2) is 0 Å². The van der Waals surface area contributed by atoms with Crippen LogP contribution < -0.4 is 15.5 Å². The number of aromatic nitrogens is 2. The van der Waals surface area contributed by atoms with Crippen LogP contribution in [0.5, 0.6) is 0 Å². The average molecular weight is 458 g/mol. The van der Waals surface area contributed by atoms with Crippen LogP contribution in [0, 0.1) is 0 Å². The van der Waals surface area contributed by atoms with Gasteiger partial charge in [-0.15, -0.1) is 0 Å². The molecule has 1 saturated carbocycles. The molecule has 1 aromatic heterocycles. The van der Waals surface area contributed by atoms with Crippen LogP contribution in [-0.2, 0) is 12.6 Å². The first-order valence-corrected chi connectivity index (χ1v) is 11.4. The Hall–Kier alpha value is -2.87. The molecule has 1 fully saturated rings. The van der Waals surface area contributed by atoms with Gasteiger partial charge in [-0.3, -0.25) is 0 Å². The van der Waals surface area contributed by atoms with Gasteiger partial charge in [0, 0.05) is 31.6 Å². The lowest BCUT2D eigenvalue weighted by atomic mass is 9.91. The average Bonchev–Trinajstić information content (AvgIpc) is 2.79. The van der Waals surface area contributed by atoms with Crippen molar-refractivity contribution in [2.24, 2.45) is 0 Å². The van der Waals surface area contributed by atoms with Crippen molar-refractivity contribution in [1.82, 2.24) is 15.3 Å². The summed E-state index contributed by atoms with van der Waals surface area (Å²) >= 11 is 0. The van der Waals surface area contributed by atoms with Gasteiger partial charge < -0.3 is 15.5 Å². The van der Waals surface area contributed by atoms with Gasteiger partial charge in [-0.2, -0.15) is 18.2 Å². The third-order valence-electron chi connectivity index (χ3n) is 6.17. The molecule has 1 aliphatic carbocycles. The molecule has 1 heterocycles. The van der Waals surface area contributed by atoms with Gasteiger partial charge in [0.05, 0.1) is 11.1 Å². The predicted molar refractivity (Wildman–Crippen MR) is 127 cm³/mol. The fraction of sp³-hybridized carbons (Fsp3) is 0.440. The van der Waals surface area contributed by atoms with Crippen LogP contribution >= 0.6 is 0 Å². The van der Waals surface area contributed by atoms with Crippen molar-refractivity contribution in [3.05, 3.63) is 59.7 Å². The Morgan fingerprint density at radius 2 is 1.67 bits per heavy atom. The maximum atomic E-state index is 12.9. The van der Waals surface area contributed by atoms with Gasteiger partial charge in [0.2, 0.25) is 5.95 Å². The van der Waals surface area contributed by atoms with E-state index in [1.807, 2.05) is 43.3 Å². The first kappa shape index (κ1) is 23.3. The van der Waals surface area contributed by atoms with Crippen molar-refractivity contribution >= 4 is 22.7 Å². The van der Waals surface area contributed by atoms with E-state index in [1.165, 1.54) is 12.1 Å². The lowest BCUT2D eigenvalue weighted by molar-refractivity contribution is -0.137. The fourth-order valence-electron chi connectivity index (χ4n) is 4.41. The molecule has 0 radical (unpaired) electrons. The van der Waals surface area contributed by atoms with E-state index >= 15 is 0 Å². The lowest BCUT2D eigenvalue weighted by Gasteiger charge is -2.30. The van der Waals surface area contributed by atoms with E-state index in [9.17, 15) is 13.2 Å². The summed E-state index contributed by atoms with van der Waals surface area (Å²) in [6, 6.07) is 14.3. The van der Waals surface area contributed by atoms with E-state index in [4.69, 9.17) is 9.97 Å². The number of benzene rings is 2. The summed E-state index contributed by atoms with van der Waals surface area (Å²) in [5.41, 5.74) is 1.04. The number of fused-ring (bicyclic) bond motifs is 1. The van der Waals surface area contributed by atoms with Crippen molar-refractivity contribution in [2.45, 2.75) is 50.4 Å². The summed E-state index contributed by atoms with van der Waals surface area (Å²) < 4.78 is 38.6. The standard InChI is InChI=1S/C25H30F3N5/c1-33(2)23-21-8-3-4-9-22(21)31-24(32-23)30-20-12-10-19(11-13-20)29-15-14-17-6-5-7-18(16-17)25(26,27)28/h3-9,16,19-20,29H,10-15H2,1-2H3,(H,30,31,32)/t19-,20+. The van der Waals surface area contributed by atoms with E-state index in [0.717, 1.165) is 48.5 Å². The number of para-hydroxylation sites is 1. The number of halogens is 3. The Morgan fingerprint density at radius 1 is 0.939 bits per heavy atom. The van der Waals surface area contributed by atoms with E-state index < -0.39 is 11.7 Å². The van der Waals surface area contributed by atoms with Crippen LogP contribution in [0.1, 0.15) is 36.8 Å². The zero-order valence-corrected chi connectivity index (χ0v) is 19.0. The third-order valence-corrected chi connectivity index (χ3v) is 6.17. The van der Waals surface area contributed by atoms with Crippen molar-refractivity contribution in [3.8, 4) is 0 Å². The lowest BCUT2D eigenvalue weighted by Crippen LogP contribution is -2.38. The number of hydrogen-bond donors (Lipinski definition) is 2. The molecule has 176 valence electrons. The van der Waals surface area contributed by atoms with E-state index in [-0.39, 0.29) is 0 Å². The first-order valence-electron chi connectivity index (χ1n) is 11.4. The summed E-state index contributed by atoms with van der Waals surface area (Å²) in [7, 11) is 3.96. The summed E-state index contributed by atoms with van der Waals surface area (Å²) in [6.07, 6.45) is 0.295. The quantitative estimate of drug-likeness (QED) is 0.506. The fourth-order valence-corrected chi connectivity index (χ4v) is 4.41. The zero-order chi connectivity index (χ0) is 23.4. The molecule has 0 atom stereocenters. The highest BCUT2D eigenvalue weighted by Gasteiger charge is 2.30. The second-order valence-corrected chi connectivity index (χ2v) is 8.88. The normalized spacial score (nSPS) is 18.9. The summed E-state index contributed by atoms with van der Waals surface area (Å²) in [6.45, 7) is 0.671. The van der Waals surface area contributed by atoms with Crippen molar-refractivity contribution in [1.29, 1.82) is 0 Å². The molecule has 4 rings (SSSR count). The van der Waals surface area contributed by atoms with Crippen LogP contribution in [-0.4, -0.2) is 42.7 Å². The molecule has 0 saturated heterocycles. The van der Waals surface area contributed by atoms with Gasteiger partial charge in [0.1, 0.15) is 5.82 Å².